The average molecular weight is 265 g/mol. The van der Waals surface area contributed by atoms with Crippen LogP contribution in [0.5, 0.6) is 0 Å². The number of rotatable bonds is 5. The lowest BCUT2D eigenvalue weighted by Gasteiger charge is -2.29. The maximum atomic E-state index is 5.55. The van der Waals surface area contributed by atoms with E-state index in [1.807, 2.05) is 6.92 Å². The smallest absolute Gasteiger partial charge is 0.148 e. The second kappa shape index (κ2) is 6.19. The van der Waals surface area contributed by atoms with E-state index < -0.39 is 0 Å². The van der Waals surface area contributed by atoms with E-state index >= 15 is 0 Å². The van der Waals surface area contributed by atoms with E-state index in [0.29, 0.717) is 5.82 Å². The van der Waals surface area contributed by atoms with Gasteiger partial charge in [-0.1, -0.05) is 27.7 Å². The fourth-order valence-electron chi connectivity index (χ4n) is 2.18. The molecule has 108 valence electrons. The van der Waals surface area contributed by atoms with E-state index in [4.69, 9.17) is 5.84 Å². The van der Waals surface area contributed by atoms with Crippen molar-refractivity contribution in [1.82, 2.24) is 9.97 Å². The quantitative estimate of drug-likeness (QED) is 0.632. The molecule has 0 fully saturated rings. The summed E-state index contributed by atoms with van der Waals surface area (Å²) in [6.07, 6.45) is 1.89. The number of hydrazine groups is 1. The summed E-state index contributed by atoms with van der Waals surface area (Å²) in [5, 5.41) is 0. The second-order valence-electron chi connectivity index (χ2n) is 6.25. The molecule has 0 spiro atoms. The normalized spacial score (nSPS) is 11.5. The number of nitrogens with one attached hydrogen (secondary N) is 1. The predicted octanol–water partition coefficient (Wildman–Crippen LogP) is 2.51. The van der Waals surface area contributed by atoms with Crippen molar-refractivity contribution in [2.24, 2.45) is 11.3 Å². The van der Waals surface area contributed by atoms with Gasteiger partial charge in [-0.3, -0.25) is 0 Å². The molecule has 0 saturated heterocycles. The molecule has 0 amide bonds. The van der Waals surface area contributed by atoms with Gasteiger partial charge in [-0.2, -0.15) is 0 Å². The first-order chi connectivity index (χ1) is 8.78. The first-order valence-corrected chi connectivity index (χ1v) is 6.83. The molecule has 0 bridgehead atoms. The van der Waals surface area contributed by atoms with E-state index in [2.05, 4.69) is 55.0 Å². The molecule has 5 heteroatoms. The molecule has 1 aromatic rings. The third-order valence-electron chi connectivity index (χ3n) is 2.85. The average Bonchev–Trinajstić information content (AvgIpc) is 2.29. The summed E-state index contributed by atoms with van der Waals surface area (Å²) in [5.74, 6) is 8.07. The van der Waals surface area contributed by atoms with Crippen LogP contribution in [0.3, 0.4) is 0 Å². The molecule has 19 heavy (non-hydrogen) atoms. The molecule has 0 aromatic carbocycles. The van der Waals surface area contributed by atoms with Crippen molar-refractivity contribution in [3.63, 3.8) is 0 Å². The summed E-state index contributed by atoms with van der Waals surface area (Å²) in [5.41, 5.74) is 3.88. The molecule has 3 N–H and O–H groups in total. The third-order valence-corrected chi connectivity index (χ3v) is 2.85. The lowest BCUT2D eigenvalue weighted by atomic mass is 9.96. The topological polar surface area (TPSA) is 67.1 Å². The van der Waals surface area contributed by atoms with Crippen molar-refractivity contribution in [2.45, 2.75) is 47.5 Å². The highest BCUT2D eigenvalue weighted by Crippen LogP contribution is 2.25. The highest BCUT2D eigenvalue weighted by molar-refractivity contribution is 5.58. The van der Waals surface area contributed by atoms with Crippen LogP contribution in [0.2, 0.25) is 0 Å². The second-order valence-corrected chi connectivity index (χ2v) is 6.25. The van der Waals surface area contributed by atoms with E-state index in [9.17, 15) is 0 Å². The Bertz CT molecular complexity index is 423. The number of nitrogen functional groups attached to an aromatic ring is 1. The van der Waals surface area contributed by atoms with Gasteiger partial charge < -0.3 is 10.3 Å². The molecule has 5 nitrogen and oxygen atoms in total. The standard InChI is InChI=1S/C14H27N5/c1-7-8-11-16-12(18-15)10(2)13(17-11)19(6)9-14(3,4)5/h7-9,15H2,1-6H3,(H,16,17,18). The lowest BCUT2D eigenvalue weighted by Crippen LogP contribution is -2.31. The van der Waals surface area contributed by atoms with E-state index in [0.717, 1.165) is 36.6 Å². The fourth-order valence-corrected chi connectivity index (χ4v) is 2.18. The first kappa shape index (κ1) is 15.7. The van der Waals surface area contributed by atoms with Gasteiger partial charge in [-0.25, -0.2) is 15.8 Å². The minimum absolute atomic E-state index is 0.216. The SMILES string of the molecule is CCCc1nc(NN)c(C)c(N(C)CC(C)(C)C)n1. The maximum Gasteiger partial charge on any atom is 0.148 e. The van der Waals surface area contributed by atoms with Gasteiger partial charge >= 0.3 is 0 Å². The molecule has 0 aliphatic carbocycles. The maximum absolute atomic E-state index is 5.55. The van der Waals surface area contributed by atoms with Gasteiger partial charge in [0, 0.05) is 25.6 Å². The van der Waals surface area contributed by atoms with Crippen LogP contribution < -0.4 is 16.2 Å². The number of aromatic nitrogens is 2. The molecule has 0 aliphatic rings. The summed E-state index contributed by atoms with van der Waals surface area (Å²) in [4.78, 5) is 11.3. The van der Waals surface area contributed by atoms with Crippen LogP contribution in [0.1, 0.15) is 45.5 Å². The number of nitrogens with zero attached hydrogens (tertiary/aromatic N) is 3. The molecule has 1 aromatic heterocycles. The zero-order valence-corrected chi connectivity index (χ0v) is 13.0. The zero-order valence-electron chi connectivity index (χ0n) is 13.0. The van der Waals surface area contributed by atoms with Gasteiger partial charge in [0.25, 0.3) is 0 Å². The molecule has 0 atom stereocenters. The Morgan fingerprint density at radius 2 is 1.89 bits per heavy atom. The largest absolute Gasteiger partial charge is 0.359 e. The van der Waals surface area contributed by atoms with Crippen molar-refractivity contribution in [3.8, 4) is 0 Å². The monoisotopic (exact) mass is 265 g/mol. The van der Waals surface area contributed by atoms with Crippen molar-refractivity contribution < 1.29 is 0 Å². The minimum atomic E-state index is 0.216. The molecular formula is C14H27N5. The van der Waals surface area contributed by atoms with E-state index in [-0.39, 0.29) is 5.41 Å². The number of aryl methyl sites for hydroxylation is 1. The van der Waals surface area contributed by atoms with Crippen molar-refractivity contribution in [1.29, 1.82) is 0 Å². The van der Waals surface area contributed by atoms with Crippen molar-refractivity contribution in [3.05, 3.63) is 11.4 Å². The van der Waals surface area contributed by atoms with Crippen molar-refractivity contribution in [2.75, 3.05) is 23.9 Å². The number of hydrogen-bond acceptors (Lipinski definition) is 5. The molecular weight excluding hydrogens is 238 g/mol. The van der Waals surface area contributed by atoms with Crippen LogP contribution in [0, 0.1) is 12.3 Å². The summed E-state index contributed by atoms with van der Waals surface area (Å²) in [7, 11) is 2.07. The van der Waals surface area contributed by atoms with E-state index in [1.165, 1.54) is 0 Å². The van der Waals surface area contributed by atoms with Gasteiger partial charge in [-0.15, -0.1) is 0 Å². The third kappa shape index (κ3) is 4.35. The van der Waals surface area contributed by atoms with Crippen LogP contribution >= 0.6 is 0 Å². The number of anilines is 2. The van der Waals surface area contributed by atoms with Gasteiger partial charge in [0.05, 0.1) is 0 Å². The Labute approximate surface area is 116 Å². The molecule has 0 saturated carbocycles. The zero-order chi connectivity index (χ0) is 14.6. The van der Waals surface area contributed by atoms with Crippen LogP contribution in [-0.4, -0.2) is 23.6 Å². The number of nitrogens with two attached hydrogens (primary N) is 1. The Balaban J connectivity index is 3.13. The van der Waals surface area contributed by atoms with Gasteiger partial charge in [-0.05, 0) is 18.8 Å². The number of hydrogen-bond donors (Lipinski definition) is 2. The molecule has 0 unspecified atom stereocenters. The summed E-state index contributed by atoms with van der Waals surface area (Å²) in [6, 6.07) is 0. The van der Waals surface area contributed by atoms with Crippen molar-refractivity contribution >= 4 is 11.6 Å². The molecule has 0 aliphatic heterocycles. The Hall–Kier alpha value is -1.36. The van der Waals surface area contributed by atoms with Crippen LogP contribution in [0.15, 0.2) is 0 Å². The highest BCUT2D eigenvalue weighted by Gasteiger charge is 2.18. The molecule has 1 rings (SSSR count). The summed E-state index contributed by atoms with van der Waals surface area (Å²) in [6.45, 7) is 11.7. The van der Waals surface area contributed by atoms with Crippen LogP contribution in [0.4, 0.5) is 11.6 Å². The van der Waals surface area contributed by atoms with Gasteiger partial charge in [0.1, 0.15) is 17.5 Å². The highest BCUT2D eigenvalue weighted by atomic mass is 15.3. The summed E-state index contributed by atoms with van der Waals surface area (Å²) < 4.78 is 0. The first-order valence-electron chi connectivity index (χ1n) is 6.83. The summed E-state index contributed by atoms with van der Waals surface area (Å²) >= 11 is 0. The Morgan fingerprint density at radius 1 is 1.26 bits per heavy atom. The fraction of sp³-hybridized carbons (Fsp3) is 0.714. The predicted molar refractivity (Wildman–Crippen MR) is 81.3 cm³/mol. The van der Waals surface area contributed by atoms with E-state index in [1.54, 1.807) is 0 Å². The lowest BCUT2D eigenvalue weighted by molar-refractivity contribution is 0.417. The van der Waals surface area contributed by atoms with Crippen LogP contribution in [-0.2, 0) is 6.42 Å². The Kier molecular flexibility index (Phi) is 5.11. The Morgan fingerprint density at radius 3 is 2.37 bits per heavy atom. The van der Waals surface area contributed by atoms with Gasteiger partial charge in [0.2, 0.25) is 0 Å². The van der Waals surface area contributed by atoms with Crippen LogP contribution in [0.25, 0.3) is 0 Å². The minimum Gasteiger partial charge on any atom is -0.359 e. The molecule has 0 radical (unpaired) electrons. The van der Waals surface area contributed by atoms with Gasteiger partial charge in [0.15, 0.2) is 0 Å². The molecule has 1 heterocycles.